The van der Waals surface area contributed by atoms with Gasteiger partial charge in [-0.15, -0.1) is 0 Å². The quantitative estimate of drug-likeness (QED) is 0.556. The Morgan fingerprint density at radius 1 is 0.765 bits per heavy atom. The first-order valence-electron chi connectivity index (χ1n) is 6.12. The van der Waals surface area contributed by atoms with Crippen LogP contribution in [0.1, 0.15) is 24.8 Å². The summed E-state index contributed by atoms with van der Waals surface area (Å²) in [5.74, 6) is 0.306. The Labute approximate surface area is 104 Å². The van der Waals surface area contributed by atoms with Gasteiger partial charge in [-0.1, -0.05) is 18.6 Å². The van der Waals surface area contributed by atoms with Crippen molar-refractivity contribution >= 4 is 0 Å². The number of phenolic OH excluding ortho intramolecular Hbond substituents is 1. The van der Waals surface area contributed by atoms with Gasteiger partial charge < -0.3 is 22.3 Å². The zero-order chi connectivity index (χ0) is 12.9. The van der Waals surface area contributed by atoms with Gasteiger partial charge in [-0.2, -0.15) is 0 Å². The fourth-order valence-electron chi connectivity index (χ4n) is 1.29. The number of hydrogen-bond acceptors (Lipinski definition) is 4. The van der Waals surface area contributed by atoms with Gasteiger partial charge >= 0.3 is 0 Å². The van der Waals surface area contributed by atoms with Crippen molar-refractivity contribution in [2.75, 3.05) is 19.6 Å². The highest BCUT2D eigenvalue weighted by molar-refractivity contribution is 5.25. The maximum Gasteiger partial charge on any atom is 0.115 e. The van der Waals surface area contributed by atoms with E-state index >= 15 is 0 Å². The summed E-state index contributed by atoms with van der Waals surface area (Å²) < 4.78 is 0. The van der Waals surface area contributed by atoms with E-state index in [0.29, 0.717) is 12.3 Å². The topological polar surface area (TPSA) is 98.3 Å². The first-order valence-corrected chi connectivity index (χ1v) is 6.12. The molecule has 4 nitrogen and oxygen atoms in total. The Morgan fingerprint density at radius 2 is 1.29 bits per heavy atom. The van der Waals surface area contributed by atoms with E-state index in [-0.39, 0.29) is 0 Å². The van der Waals surface area contributed by atoms with E-state index in [1.54, 1.807) is 12.1 Å². The van der Waals surface area contributed by atoms with Crippen LogP contribution in [0.15, 0.2) is 24.3 Å². The predicted molar refractivity (Wildman–Crippen MR) is 72.8 cm³/mol. The van der Waals surface area contributed by atoms with E-state index in [4.69, 9.17) is 22.3 Å². The van der Waals surface area contributed by atoms with E-state index in [2.05, 4.69) is 0 Å². The molecule has 4 heteroatoms. The summed E-state index contributed by atoms with van der Waals surface area (Å²) in [5, 5.41) is 8.89. The SMILES string of the molecule is NCCCCCN.NCCc1ccc(O)cc1. The van der Waals surface area contributed by atoms with Gasteiger partial charge in [0.2, 0.25) is 0 Å². The fourth-order valence-corrected chi connectivity index (χ4v) is 1.29. The summed E-state index contributed by atoms with van der Waals surface area (Å²) >= 11 is 0. The monoisotopic (exact) mass is 239 g/mol. The summed E-state index contributed by atoms with van der Waals surface area (Å²) in [6, 6.07) is 7.10. The molecule has 1 aromatic carbocycles. The standard InChI is InChI=1S/C8H11NO.C5H14N2/c9-6-5-7-1-3-8(10)4-2-7;6-4-2-1-3-5-7/h1-4,10H,5-6,9H2;1-7H2. The molecule has 1 aromatic rings. The van der Waals surface area contributed by atoms with Gasteiger partial charge in [0.15, 0.2) is 0 Å². The van der Waals surface area contributed by atoms with Crippen molar-refractivity contribution in [3.8, 4) is 5.75 Å². The molecule has 0 aliphatic rings. The second-order valence-electron chi connectivity index (χ2n) is 3.84. The van der Waals surface area contributed by atoms with Crippen LogP contribution in [0.4, 0.5) is 0 Å². The molecule has 0 amide bonds. The maximum atomic E-state index is 8.89. The van der Waals surface area contributed by atoms with Gasteiger partial charge in [-0.3, -0.25) is 0 Å². The van der Waals surface area contributed by atoms with Crippen molar-refractivity contribution in [2.45, 2.75) is 25.7 Å². The second kappa shape index (κ2) is 11.4. The van der Waals surface area contributed by atoms with Crippen molar-refractivity contribution < 1.29 is 5.11 Å². The highest BCUT2D eigenvalue weighted by Gasteiger charge is 1.89. The first kappa shape index (κ1) is 15.9. The molecule has 0 saturated carbocycles. The Bertz CT molecular complexity index is 258. The molecule has 0 heterocycles. The largest absolute Gasteiger partial charge is 0.508 e. The lowest BCUT2D eigenvalue weighted by Gasteiger charge is -1.96. The van der Waals surface area contributed by atoms with Crippen LogP contribution in [-0.4, -0.2) is 24.7 Å². The second-order valence-corrected chi connectivity index (χ2v) is 3.84. The van der Waals surface area contributed by atoms with Crippen LogP contribution in [0.2, 0.25) is 0 Å². The highest BCUT2D eigenvalue weighted by atomic mass is 16.3. The molecule has 1 rings (SSSR count). The lowest BCUT2D eigenvalue weighted by molar-refractivity contribution is 0.475. The molecule has 0 unspecified atom stereocenters. The van der Waals surface area contributed by atoms with Crippen LogP contribution >= 0.6 is 0 Å². The van der Waals surface area contributed by atoms with Crippen molar-refractivity contribution in [3.05, 3.63) is 29.8 Å². The highest BCUT2D eigenvalue weighted by Crippen LogP contribution is 2.09. The molecular weight excluding hydrogens is 214 g/mol. The number of unbranched alkanes of at least 4 members (excludes halogenated alkanes) is 2. The molecule has 17 heavy (non-hydrogen) atoms. The third-order valence-corrected chi connectivity index (χ3v) is 2.28. The minimum absolute atomic E-state index is 0.306. The number of nitrogens with two attached hydrogens (primary N) is 3. The summed E-state index contributed by atoms with van der Waals surface area (Å²) in [5.41, 5.74) is 17.0. The zero-order valence-electron chi connectivity index (χ0n) is 10.4. The minimum atomic E-state index is 0.306. The number of aromatic hydroxyl groups is 1. The summed E-state index contributed by atoms with van der Waals surface area (Å²) in [6.07, 6.45) is 4.31. The first-order chi connectivity index (χ1) is 8.24. The molecule has 0 spiro atoms. The average Bonchev–Trinajstić information content (AvgIpc) is 2.34. The molecule has 7 N–H and O–H groups in total. The smallest absolute Gasteiger partial charge is 0.115 e. The average molecular weight is 239 g/mol. The number of phenols is 1. The van der Waals surface area contributed by atoms with Crippen molar-refractivity contribution in [2.24, 2.45) is 17.2 Å². The fraction of sp³-hybridized carbons (Fsp3) is 0.538. The van der Waals surface area contributed by atoms with E-state index in [1.807, 2.05) is 12.1 Å². The predicted octanol–water partition coefficient (Wildman–Crippen LogP) is 0.968. The van der Waals surface area contributed by atoms with Crippen LogP contribution in [0.5, 0.6) is 5.75 Å². The van der Waals surface area contributed by atoms with Crippen LogP contribution in [0.3, 0.4) is 0 Å². The van der Waals surface area contributed by atoms with Gasteiger partial charge in [-0.05, 0) is 56.6 Å². The van der Waals surface area contributed by atoms with E-state index in [9.17, 15) is 0 Å². The summed E-state index contributed by atoms with van der Waals surface area (Å²) in [4.78, 5) is 0. The van der Waals surface area contributed by atoms with Gasteiger partial charge in [0.1, 0.15) is 5.75 Å². The van der Waals surface area contributed by atoms with Gasteiger partial charge in [0.05, 0.1) is 0 Å². The molecule has 0 bridgehead atoms. The number of benzene rings is 1. The third-order valence-electron chi connectivity index (χ3n) is 2.28. The molecule has 0 radical (unpaired) electrons. The van der Waals surface area contributed by atoms with Gasteiger partial charge in [0.25, 0.3) is 0 Å². The molecule has 0 saturated heterocycles. The normalized spacial score (nSPS) is 9.59. The molecule has 0 atom stereocenters. The number of rotatable bonds is 6. The van der Waals surface area contributed by atoms with Crippen molar-refractivity contribution in [3.63, 3.8) is 0 Å². The van der Waals surface area contributed by atoms with Crippen LogP contribution in [-0.2, 0) is 6.42 Å². The Hall–Kier alpha value is -1.10. The maximum absolute atomic E-state index is 8.89. The molecule has 0 aromatic heterocycles. The zero-order valence-corrected chi connectivity index (χ0v) is 10.4. The summed E-state index contributed by atoms with van der Waals surface area (Å²) in [7, 11) is 0. The van der Waals surface area contributed by atoms with Crippen LogP contribution in [0, 0.1) is 0 Å². The Kier molecular flexibility index (Phi) is 10.7. The van der Waals surface area contributed by atoms with Crippen LogP contribution < -0.4 is 17.2 Å². The van der Waals surface area contributed by atoms with Gasteiger partial charge in [0, 0.05) is 0 Å². The summed E-state index contributed by atoms with van der Waals surface area (Å²) in [6.45, 7) is 2.27. The molecule has 98 valence electrons. The molecular formula is C13H25N3O. The van der Waals surface area contributed by atoms with Crippen molar-refractivity contribution in [1.82, 2.24) is 0 Å². The van der Waals surface area contributed by atoms with Crippen molar-refractivity contribution in [1.29, 1.82) is 0 Å². The third kappa shape index (κ3) is 9.81. The Morgan fingerprint density at radius 3 is 1.71 bits per heavy atom. The Balaban J connectivity index is 0.000000325. The molecule has 0 fully saturated rings. The minimum Gasteiger partial charge on any atom is -0.508 e. The lowest BCUT2D eigenvalue weighted by atomic mass is 10.1. The molecule has 0 aliphatic carbocycles. The van der Waals surface area contributed by atoms with E-state index < -0.39 is 0 Å². The van der Waals surface area contributed by atoms with E-state index in [1.165, 1.54) is 12.0 Å². The van der Waals surface area contributed by atoms with Crippen LogP contribution in [0.25, 0.3) is 0 Å². The number of hydrogen-bond donors (Lipinski definition) is 4. The van der Waals surface area contributed by atoms with Gasteiger partial charge in [-0.25, -0.2) is 0 Å². The molecule has 0 aliphatic heterocycles. The lowest BCUT2D eigenvalue weighted by Crippen LogP contribution is -2.02. The van der Waals surface area contributed by atoms with E-state index in [0.717, 1.165) is 32.4 Å².